The first-order valence-corrected chi connectivity index (χ1v) is 11.1. The fourth-order valence-electron chi connectivity index (χ4n) is 3.59. The Kier molecular flexibility index (Phi) is 4.74. The highest BCUT2D eigenvalue weighted by Gasteiger charge is 2.18. The van der Waals surface area contributed by atoms with Crippen molar-refractivity contribution in [2.75, 3.05) is 5.75 Å². The molecule has 4 rings (SSSR count). The zero-order valence-electron chi connectivity index (χ0n) is 16.8. The van der Waals surface area contributed by atoms with Crippen molar-refractivity contribution in [2.45, 2.75) is 18.7 Å². The highest BCUT2D eigenvalue weighted by atomic mass is 32.2. The number of phenolic OH excluding ortho intramolecular Hbond substituents is 1. The van der Waals surface area contributed by atoms with Gasteiger partial charge in [-0.2, -0.15) is 5.10 Å². The maximum atomic E-state index is 12.7. The molecule has 0 aliphatic carbocycles. The number of pyridine rings is 1. The second-order valence-corrected chi connectivity index (χ2v) is 9.46. The average molecular weight is 423 g/mol. The summed E-state index contributed by atoms with van der Waals surface area (Å²) in [6.07, 6.45) is 3.40. The number of aromatic hydroxyl groups is 1. The number of aryl methyl sites for hydroxylation is 2. The van der Waals surface area contributed by atoms with Crippen molar-refractivity contribution < 1.29 is 13.5 Å². The number of fused-ring (bicyclic) bond motifs is 1. The smallest absolute Gasteiger partial charge is 0.258 e. The Labute approximate surface area is 173 Å². The molecule has 0 aliphatic heterocycles. The van der Waals surface area contributed by atoms with Gasteiger partial charge in [0.25, 0.3) is 5.56 Å². The molecule has 0 atom stereocenters. The molecule has 0 saturated carbocycles. The molecular weight excluding hydrogens is 402 g/mol. The molecule has 8 heteroatoms. The van der Waals surface area contributed by atoms with Crippen LogP contribution in [0, 0.1) is 6.92 Å². The number of rotatable bonds is 4. The molecular formula is C22H21N3O4S. The number of H-pyrrole nitrogens is 1. The molecule has 0 bridgehead atoms. The molecule has 0 spiro atoms. The fraction of sp³-hybridized carbons (Fsp3) is 0.182. The molecule has 2 aromatic carbocycles. The third kappa shape index (κ3) is 3.19. The Balaban J connectivity index is 2.06. The number of hydrogen-bond donors (Lipinski definition) is 2. The van der Waals surface area contributed by atoms with Crippen LogP contribution >= 0.6 is 0 Å². The van der Waals surface area contributed by atoms with Gasteiger partial charge >= 0.3 is 0 Å². The summed E-state index contributed by atoms with van der Waals surface area (Å²) in [4.78, 5) is 12.8. The second kappa shape index (κ2) is 7.14. The monoisotopic (exact) mass is 423 g/mol. The van der Waals surface area contributed by atoms with Gasteiger partial charge in [-0.05, 0) is 48.2 Å². The Morgan fingerprint density at radius 1 is 1.07 bits per heavy atom. The summed E-state index contributed by atoms with van der Waals surface area (Å²) < 4.78 is 26.2. The predicted octanol–water partition coefficient (Wildman–Crippen LogP) is 3.40. The highest BCUT2D eigenvalue weighted by molar-refractivity contribution is 7.91. The van der Waals surface area contributed by atoms with Gasteiger partial charge < -0.3 is 9.67 Å². The average Bonchev–Trinajstić information content (AvgIpc) is 3.16. The third-order valence-corrected chi connectivity index (χ3v) is 7.05. The minimum Gasteiger partial charge on any atom is -0.507 e. The lowest BCUT2D eigenvalue weighted by atomic mass is 9.96. The quantitative estimate of drug-likeness (QED) is 0.523. The number of aromatic amines is 1. The van der Waals surface area contributed by atoms with Crippen LogP contribution in [0.5, 0.6) is 5.75 Å². The van der Waals surface area contributed by atoms with Crippen LogP contribution in [0.15, 0.2) is 58.5 Å². The van der Waals surface area contributed by atoms with Crippen molar-refractivity contribution in [3.63, 3.8) is 0 Å². The van der Waals surface area contributed by atoms with E-state index in [-0.39, 0.29) is 22.0 Å². The Morgan fingerprint density at radius 2 is 1.83 bits per heavy atom. The van der Waals surface area contributed by atoms with Crippen molar-refractivity contribution in [1.82, 2.24) is 14.8 Å². The van der Waals surface area contributed by atoms with Crippen LogP contribution < -0.4 is 5.56 Å². The zero-order chi connectivity index (χ0) is 21.6. The lowest BCUT2D eigenvalue weighted by Crippen LogP contribution is -2.16. The van der Waals surface area contributed by atoms with E-state index < -0.39 is 9.84 Å². The van der Waals surface area contributed by atoms with E-state index in [2.05, 4.69) is 10.2 Å². The van der Waals surface area contributed by atoms with Gasteiger partial charge in [-0.25, -0.2) is 8.42 Å². The normalized spacial score (nSPS) is 11.8. The molecule has 2 N–H and O–H groups in total. The first-order valence-electron chi connectivity index (χ1n) is 9.43. The molecule has 7 nitrogen and oxygen atoms in total. The van der Waals surface area contributed by atoms with Gasteiger partial charge in [0.2, 0.25) is 0 Å². The predicted molar refractivity (Wildman–Crippen MR) is 116 cm³/mol. The summed E-state index contributed by atoms with van der Waals surface area (Å²) in [5, 5.41) is 18.6. The van der Waals surface area contributed by atoms with Crippen molar-refractivity contribution in [1.29, 1.82) is 0 Å². The summed E-state index contributed by atoms with van der Waals surface area (Å²) in [5.41, 5.74) is 3.32. The lowest BCUT2D eigenvalue weighted by molar-refractivity contribution is 0.477. The number of sulfone groups is 1. The van der Waals surface area contributed by atoms with Gasteiger partial charge in [0.15, 0.2) is 9.84 Å². The van der Waals surface area contributed by atoms with Gasteiger partial charge in [0.05, 0.1) is 16.3 Å². The molecule has 30 heavy (non-hydrogen) atoms. The van der Waals surface area contributed by atoms with Crippen LogP contribution in [0.4, 0.5) is 0 Å². The van der Waals surface area contributed by atoms with Crippen LogP contribution in [0.2, 0.25) is 0 Å². The number of benzene rings is 2. The number of hydrogen-bond acceptors (Lipinski definition) is 5. The molecule has 2 aromatic heterocycles. The second-order valence-electron chi connectivity index (χ2n) is 7.19. The first-order chi connectivity index (χ1) is 14.2. The van der Waals surface area contributed by atoms with Gasteiger partial charge in [0, 0.05) is 41.5 Å². The summed E-state index contributed by atoms with van der Waals surface area (Å²) in [5.74, 6) is -0.107. The van der Waals surface area contributed by atoms with Crippen LogP contribution in [-0.2, 0) is 16.9 Å². The molecule has 2 heterocycles. The van der Waals surface area contributed by atoms with Crippen LogP contribution in [0.3, 0.4) is 0 Å². The Bertz CT molecular complexity index is 1450. The Morgan fingerprint density at radius 3 is 2.50 bits per heavy atom. The van der Waals surface area contributed by atoms with E-state index in [9.17, 15) is 18.3 Å². The molecule has 4 aromatic rings. The van der Waals surface area contributed by atoms with E-state index >= 15 is 0 Å². The van der Waals surface area contributed by atoms with E-state index in [0.29, 0.717) is 21.9 Å². The van der Waals surface area contributed by atoms with Crippen molar-refractivity contribution >= 4 is 20.6 Å². The summed E-state index contributed by atoms with van der Waals surface area (Å²) in [6.45, 7) is 3.45. The first kappa shape index (κ1) is 19.9. The van der Waals surface area contributed by atoms with Gasteiger partial charge in [0.1, 0.15) is 5.75 Å². The molecule has 0 amide bonds. The zero-order valence-corrected chi connectivity index (χ0v) is 17.6. The third-order valence-electron chi connectivity index (χ3n) is 5.32. The molecule has 154 valence electrons. The Hall–Kier alpha value is -3.39. The molecule has 0 saturated heterocycles. The van der Waals surface area contributed by atoms with Crippen molar-refractivity contribution in [3.05, 3.63) is 64.8 Å². The van der Waals surface area contributed by atoms with Crippen LogP contribution in [0.1, 0.15) is 12.6 Å². The van der Waals surface area contributed by atoms with Crippen molar-refractivity contribution in [3.8, 4) is 28.0 Å². The molecule has 0 aliphatic rings. The summed E-state index contributed by atoms with van der Waals surface area (Å²) in [7, 11) is -1.83. The fourth-order valence-corrected chi connectivity index (χ4v) is 4.50. The van der Waals surface area contributed by atoms with Crippen molar-refractivity contribution in [2.24, 2.45) is 7.05 Å². The maximum Gasteiger partial charge on any atom is 0.258 e. The maximum absolute atomic E-state index is 12.7. The number of nitrogens with zero attached hydrogens (tertiary/aromatic N) is 2. The van der Waals surface area contributed by atoms with E-state index in [1.807, 2.05) is 19.1 Å². The lowest BCUT2D eigenvalue weighted by Gasteiger charge is -2.13. The minimum absolute atomic E-state index is 0.0465. The summed E-state index contributed by atoms with van der Waals surface area (Å²) in [6, 6.07) is 9.68. The van der Waals surface area contributed by atoms with Crippen LogP contribution in [-0.4, -0.2) is 34.0 Å². The highest BCUT2D eigenvalue weighted by Crippen LogP contribution is 2.37. The topological polar surface area (TPSA) is 105 Å². The van der Waals surface area contributed by atoms with Gasteiger partial charge in [-0.15, -0.1) is 0 Å². The summed E-state index contributed by atoms with van der Waals surface area (Å²) >= 11 is 0. The number of aromatic nitrogens is 3. The number of nitrogens with one attached hydrogen (secondary N) is 1. The van der Waals surface area contributed by atoms with Crippen LogP contribution in [0.25, 0.3) is 33.0 Å². The number of phenols is 1. The molecule has 0 unspecified atom stereocenters. The van der Waals surface area contributed by atoms with Gasteiger partial charge in [-0.3, -0.25) is 9.89 Å². The minimum atomic E-state index is -3.46. The molecule has 0 fully saturated rings. The largest absolute Gasteiger partial charge is 0.507 e. The van der Waals surface area contributed by atoms with E-state index in [4.69, 9.17) is 0 Å². The van der Waals surface area contributed by atoms with Gasteiger partial charge in [-0.1, -0.05) is 13.0 Å². The standard InChI is InChI=1S/C22H21N3O4S/c1-4-30(28,29)15-6-8-21(26)18(10-15)20-12-25(3)22(27)16-7-5-14(9-17(16)20)19-11-23-24-13(19)2/h5-12,26H,4H2,1-3H3,(H,23,24). The SMILES string of the molecule is CCS(=O)(=O)c1ccc(O)c(-c2cn(C)c(=O)c3ccc(-c4c[nH]nc4C)cc23)c1. The van der Waals surface area contributed by atoms with E-state index in [1.54, 1.807) is 32.4 Å². The molecule has 0 radical (unpaired) electrons. The van der Waals surface area contributed by atoms with E-state index in [1.165, 1.54) is 22.8 Å². The van der Waals surface area contributed by atoms with E-state index in [0.717, 1.165) is 16.8 Å².